The molecule has 1 fully saturated rings. The summed E-state index contributed by atoms with van der Waals surface area (Å²) in [6.07, 6.45) is 3.64. The van der Waals surface area contributed by atoms with Gasteiger partial charge in [0.15, 0.2) is 5.78 Å². The highest BCUT2D eigenvalue weighted by Gasteiger charge is 2.37. The first-order chi connectivity index (χ1) is 17.7. The van der Waals surface area contributed by atoms with Crippen LogP contribution >= 0.6 is 0 Å². The molecule has 4 aromatic rings. The lowest BCUT2D eigenvalue weighted by Crippen LogP contribution is -2.45. The lowest BCUT2D eigenvalue weighted by molar-refractivity contribution is -0.0560. The topological polar surface area (TPSA) is 110 Å². The summed E-state index contributed by atoms with van der Waals surface area (Å²) < 4.78 is 29.1. The van der Waals surface area contributed by atoms with Crippen molar-refractivity contribution in [2.75, 3.05) is 18.8 Å². The minimum absolute atomic E-state index is 0.202. The normalized spacial score (nSPS) is 16.6. The predicted molar refractivity (Wildman–Crippen MR) is 135 cm³/mol. The first-order valence-electron chi connectivity index (χ1n) is 12.0. The van der Waals surface area contributed by atoms with Gasteiger partial charge in [0, 0.05) is 30.5 Å². The number of ketones is 1. The second-order valence-electron chi connectivity index (χ2n) is 9.65. The molecule has 1 aliphatic carbocycles. The number of allylic oxidation sites excluding steroid dienone is 1. The van der Waals surface area contributed by atoms with Crippen LogP contribution in [0.4, 0.5) is 14.6 Å². The molecule has 0 bridgehead atoms. The van der Waals surface area contributed by atoms with Gasteiger partial charge >= 0.3 is 0 Å². The summed E-state index contributed by atoms with van der Waals surface area (Å²) in [5.74, 6) is -2.52. The minimum Gasteiger partial charge on any atom is -0.383 e. The smallest absolute Gasteiger partial charge is 0.265 e. The van der Waals surface area contributed by atoms with Gasteiger partial charge < -0.3 is 15.6 Å². The molecule has 2 aromatic heterocycles. The number of benzene rings is 2. The number of carbonyl (C=O) groups is 2. The first-order valence-corrected chi connectivity index (χ1v) is 12.0. The van der Waals surface area contributed by atoms with Crippen LogP contribution in [0.3, 0.4) is 0 Å². The number of alkyl halides is 2. The van der Waals surface area contributed by atoms with Crippen molar-refractivity contribution in [3.63, 3.8) is 0 Å². The van der Waals surface area contributed by atoms with Gasteiger partial charge in [-0.3, -0.25) is 9.59 Å². The number of halogens is 2. The van der Waals surface area contributed by atoms with E-state index in [1.54, 1.807) is 24.3 Å². The second kappa shape index (κ2) is 8.36. The highest BCUT2D eigenvalue weighted by molar-refractivity contribution is 6.15. The van der Waals surface area contributed by atoms with E-state index >= 15 is 0 Å². The fourth-order valence-corrected chi connectivity index (χ4v) is 5.10. The van der Waals surface area contributed by atoms with Gasteiger partial charge in [0.2, 0.25) is 0 Å². The number of fused-ring (bicyclic) bond motifs is 2. The number of nitrogens with one attached hydrogen (secondary N) is 1. The molecule has 37 heavy (non-hydrogen) atoms. The summed E-state index contributed by atoms with van der Waals surface area (Å²) in [4.78, 5) is 35.0. The van der Waals surface area contributed by atoms with E-state index in [1.165, 1.54) is 15.8 Å². The zero-order valence-corrected chi connectivity index (χ0v) is 20.1. The Morgan fingerprint density at radius 3 is 2.81 bits per heavy atom. The summed E-state index contributed by atoms with van der Waals surface area (Å²) in [7, 11) is 0. The zero-order valence-electron chi connectivity index (χ0n) is 20.1. The number of hydrogen-bond donors (Lipinski definition) is 2. The number of nitrogens with zero attached hydrogens (tertiary/aromatic N) is 4. The molecular weight excluding hydrogens is 478 g/mol. The molecule has 0 radical (unpaired) electrons. The highest BCUT2D eigenvalue weighted by atomic mass is 19.3. The number of likely N-dealkylation sites (tertiary alicyclic amines) is 1. The standard InChI is InChI=1S/C27H24F2N6O2/c1-15-32-22-6-5-20(12-23(22)33-15)35-25(30)21(13-31-35)24(36)19-9-16-3-4-17(10-18(16)11-19)26(37)34-8-2-7-27(28,29)14-34/h3-6,10-13H,2,7-9,14,30H2,1H3,(H,32,33). The molecule has 1 saturated heterocycles. The summed E-state index contributed by atoms with van der Waals surface area (Å²) in [6.45, 7) is 1.61. The number of Topliss-reactive ketones (excluding diaryl/α,β-unsaturated/α-hetero) is 1. The summed E-state index contributed by atoms with van der Waals surface area (Å²) in [5, 5.41) is 4.34. The van der Waals surface area contributed by atoms with E-state index in [-0.39, 0.29) is 30.0 Å². The van der Waals surface area contributed by atoms with Crippen molar-refractivity contribution in [1.29, 1.82) is 0 Å². The maximum Gasteiger partial charge on any atom is 0.265 e. The third kappa shape index (κ3) is 4.08. The Labute approximate surface area is 210 Å². The van der Waals surface area contributed by atoms with Crippen LogP contribution in [0.15, 0.2) is 48.2 Å². The van der Waals surface area contributed by atoms with Crippen molar-refractivity contribution in [2.24, 2.45) is 0 Å². The molecule has 188 valence electrons. The van der Waals surface area contributed by atoms with E-state index in [9.17, 15) is 18.4 Å². The lowest BCUT2D eigenvalue weighted by Gasteiger charge is -2.32. The van der Waals surface area contributed by atoms with Gasteiger partial charge in [0.1, 0.15) is 11.6 Å². The largest absolute Gasteiger partial charge is 0.383 e. The Morgan fingerprint density at radius 1 is 1.16 bits per heavy atom. The van der Waals surface area contributed by atoms with Gasteiger partial charge in [0.05, 0.1) is 35.0 Å². The monoisotopic (exact) mass is 502 g/mol. The first kappa shape index (κ1) is 23.1. The molecule has 0 spiro atoms. The molecule has 1 aliphatic heterocycles. The summed E-state index contributed by atoms with van der Waals surface area (Å²) >= 11 is 0. The number of imidazole rings is 1. The van der Waals surface area contributed by atoms with Crippen LogP contribution in [0.25, 0.3) is 22.8 Å². The number of nitrogen functional groups attached to an aromatic ring is 1. The van der Waals surface area contributed by atoms with Crippen molar-refractivity contribution in [1.82, 2.24) is 24.6 Å². The third-order valence-electron chi connectivity index (χ3n) is 6.95. The highest BCUT2D eigenvalue weighted by Crippen LogP contribution is 2.32. The van der Waals surface area contributed by atoms with E-state index in [4.69, 9.17) is 5.73 Å². The quantitative estimate of drug-likeness (QED) is 0.404. The summed E-state index contributed by atoms with van der Waals surface area (Å²) in [6, 6.07) is 10.6. The Balaban J connectivity index is 1.24. The van der Waals surface area contributed by atoms with Gasteiger partial charge in [-0.25, -0.2) is 18.4 Å². The predicted octanol–water partition coefficient (Wildman–Crippen LogP) is 4.33. The van der Waals surface area contributed by atoms with Crippen molar-refractivity contribution in [2.45, 2.75) is 32.1 Å². The Bertz CT molecular complexity index is 1620. The van der Waals surface area contributed by atoms with E-state index in [1.807, 2.05) is 25.1 Å². The number of carbonyl (C=O) groups excluding carboxylic acids is 2. The van der Waals surface area contributed by atoms with Gasteiger partial charge in [-0.1, -0.05) is 6.07 Å². The van der Waals surface area contributed by atoms with Crippen LogP contribution in [-0.2, 0) is 6.42 Å². The third-order valence-corrected chi connectivity index (χ3v) is 6.95. The van der Waals surface area contributed by atoms with Crippen molar-refractivity contribution in [3.8, 4) is 5.69 Å². The zero-order chi connectivity index (χ0) is 25.9. The molecule has 0 saturated carbocycles. The van der Waals surface area contributed by atoms with Crippen LogP contribution < -0.4 is 5.73 Å². The fraction of sp³-hybridized carbons (Fsp3) is 0.259. The van der Waals surface area contributed by atoms with E-state index < -0.39 is 18.4 Å². The second-order valence-corrected chi connectivity index (χ2v) is 9.65. The molecule has 1 amide bonds. The maximum atomic E-state index is 13.8. The number of hydrogen-bond acceptors (Lipinski definition) is 5. The van der Waals surface area contributed by atoms with Crippen LogP contribution in [-0.4, -0.2) is 55.4 Å². The van der Waals surface area contributed by atoms with Crippen molar-refractivity contribution >= 4 is 34.6 Å². The molecule has 2 aliphatic rings. The maximum absolute atomic E-state index is 13.8. The molecular formula is C27H24F2N6O2. The minimum atomic E-state index is -2.86. The molecule has 3 heterocycles. The van der Waals surface area contributed by atoms with Crippen LogP contribution in [0, 0.1) is 6.92 Å². The number of nitrogens with two attached hydrogens (primary N) is 1. The van der Waals surface area contributed by atoms with Crippen LogP contribution in [0.2, 0.25) is 0 Å². The molecule has 8 nitrogen and oxygen atoms in total. The van der Waals surface area contributed by atoms with Crippen LogP contribution in [0.5, 0.6) is 0 Å². The number of aromatic amines is 1. The average Bonchev–Trinajstić information content (AvgIpc) is 3.56. The van der Waals surface area contributed by atoms with E-state index in [0.717, 1.165) is 28.0 Å². The molecule has 0 atom stereocenters. The number of amides is 1. The number of piperidine rings is 1. The molecule has 0 unspecified atom stereocenters. The molecule has 3 N–H and O–H groups in total. The van der Waals surface area contributed by atoms with Gasteiger partial charge in [-0.15, -0.1) is 0 Å². The molecule has 6 rings (SSSR count). The van der Waals surface area contributed by atoms with E-state index in [2.05, 4.69) is 15.1 Å². The Kier molecular flexibility index (Phi) is 5.22. The van der Waals surface area contributed by atoms with Gasteiger partial charge in [-0.2, -0.15) is 5.10 Å². The van der Waals surface area contributed by atoms with Gasteiger partial charge in [0.25, 0.3) is 11.8 Å². The Morgan fingerprint density at radius 2 is 2.00 bits per heavy atom. The number of rotatable bonds is 4. The van der Waals surface area contributed by atoms with Gasteiger partial charge in [-0.05, 0) is 60.9 Å². The average molecular weight is 503 g/mol. The SMILES string of the molecule is Cc1nc2ccc(-n3ncc(C(=O)C4=Cc5cc(C(=O)N6CCCC(F)(F)C6)ccc5C4)c3N)cc2[nH]1. The number of H-pyrrole nitrogens is 1. The summed E-state index contributed by atoms with van der Waals surface area (Å²) in [5.41, 5.74) is 11.4. The number of anilines is 1. The van der Waals surface area contributed by atoms with Crippen LogP contribution in [0.1, 0.15) is 50.5 Å². The fourth-order valence-electron chi connectivity index (χ4n) is 5.10. The Hall–Kier alpha value is -4.34. The number of aryl methyl sites for hydroxylation is 1. The number of aromatic nitrogens is 4. The molecule has 10 heteroatoms. The van der Waals surface area contributed by atoms with E-state index in [0.29, 0.717) is 29.8 Å². The molecule has 2 aromatic carbocycles. The van der Waals surface area contributed by atoms with Crippen molar-refractivity contribution in [3.05, 3.63) is 76.2 Å². The van der Waals surface area contributed by atoms with Crippen molar-refractivity contribution < 1.29 is 18.4 Å². The lowest BCUT2D eigenvalue weighted by atomic mass is 10.0.